The van der Waals surface area contributed by atoms with Gasteiger partial charge in [0.25, 0.3) is 11.8 Å². The lowest BCUT2D eigenvalue weighted by atomic mass is 9.96. The Hall–Kier alpha value is -4.83. The molecule has 5 rings (SSSR count). The van der Waals surface area contributed by atoms with Gasteiger partial charge < -0.3 is 9.84 Å². The molecule has 0 saturated heterocycles. The van der Waals surface area contributed by atoms with Crippen molar-refractivity contribution in [3.8, 4) is 0 Å². The Morgan fingerprint density at radius 3 is 2.22 bits per heavy atom. The van der Waals surface area contributed by atoms with E-state index in [1.165, 1.54) is 28.0 Å². The number of ether oxygens (including phenoxy) is 1. The van der Waals surface area contributed by atoms with Crippen LogP contribution < -0.4 is 0 Å². The molecule has 0 spiro atoms. The van der Waals surface area contributed by atoms with E-state index >= 15 is 0 Å². The van der Waals surface area contributed by atoms with Crippen LogP contribution in [0.2, 0.25) is 0 Å². The van der Waals surface area contributed by atoms with Gasteiger partial charge >= 0.3 is 0 Å². The fourth-order valence-corrected chi connectivity index (χ4v) is 5.71. The lowest BCUT2D eigenvalue weighted by Gasteiger charge is -2.48. The minimum absolute atomic E-state index is 0.106. The first-order chi connectivity index (χ1) is 21.5. The topological polar surface area (TPSA) is 116 Å². The highest BCUT2D eigenvalue weighted by Gasteiger charge is 2.48. The molecule has 3 heterocycles. The Bertz CT molecular complexity index is 1590. The predicted molar refractivity (Wildman–Crippen MR) is 170 cm³/mol. The van der Waals surface area contributed by atoms with E-state index in [4.69, 9.17) is 4.74 Å². The lowest BCUT2D eigenvalue weighted by Crippen LogP contribution is -2.64. The number of aliphatic hydroxyl groups is 1. The van der Waals surface area contributed by atoms with Crippen LogP contribution in [0.1, 0.15) is 56.2 Å². The number of aliphatic imine (C=N–C) groups is 1. The summed E-state index contributed by atoms with van der Waals surface area (Å²) in [5.74, 6) is -1.65. The maximum absolute atomic E-state index is 14.8. The van der Waals surface area contributed by atoms with Gasteiger partial charge in [-0.2, -0.15) is 0 Å². The van der Waals surface area contributed by atoms with Crippen molar-refractivity contribution >= 4 is 29.3 Å². The number of aromatic nitrogens is 1. The summed E-state index contributed by atoms with van der Waals surface area (Å²) in [5.41, 5.74) is 1.37. The summed E-state index contributed by atoms with van der Waals surface area (Å²) in [6.07, 6.45) is 1.97. The number of amides is 3. The van der Waals surface area contributed by atoms with Crippen LogP contribution in [0.5, 0.6) is 0 Å². The molecule has 2 aliphatic heterocycles. The van der Waals surface area contributed by atoms with Crippen molar-refractivity contribution in [2.45, 2.75) is 64.8 Å². The van der Waals surface area contributed by atoms with E-state index in [0.29, 0.717) is 11.3 Å². The maximum Gasteiger partial charge on any atom is 0.277 e. The van der Waals surface area contributed by atoms with E-state index in [1.54, 1.807) is 36.5 Å². The number of rotatable bonds is 9. The molecule has 0 saturated carbocycles. The predicted octanol–water partition coefficient (Wildman–Crippen LogP) is 4.33. The SMILES string of the molecule is CC(=O)N([C@@H](Cc1ccccc1)C(O)C1=NC(C)(C)CO1)N1C(=O)C(C(C)C)N(C(=O)c2ccccn2)C=C1c1ccccc1. The number of hydrogen-bond acceptors (Lipinski definition) is 7. The molecular formula is C35H39N5O5. The molecule has 0 fully saturated rings. The summed E-state index contributed by atoms with van der Waals surface area (Å²) < 4.78 is 5.85. The summed E-state index contributed by atoms with van der Waals surface area (Å²) in [4.78, 5) is 52.7. The van der Waals surface area contributed by atoms with Crippen LogP contribution in [-0.2, 0) is 20.7 Å². The molecule has 3 atom stereocenters. The molecule has 234 valence electrons. The van der Waals surface area contributed by atoms with E-state index in [1.807, 2.05) is 76.2 Å². The van der Waals surface area contributed by atoms with Crippen LogP contribution in [0.25, 0.3) is 5.70 Å². The van der Waals surface area contributed by atoms with Crippen molar-refractivity contribution in [2.24, 2.45) is 10.9 Å². The van der Waals surface area contributed by atoms with Gasteiger partial charge in [-0.15, -0.1) is 0 Å². The highest BCUT2D eigenvalue weighted by atomic mass is 16.5. The number of hydrazine groups is 1. The van der Waals surface area contributed by atoms with Crippen molar-refractivity contribution in [3.63, 3.8) is 0 Å². The molecule has 0 bridgehead atoms. The number of hydrogen-bond donors (Lipinski definition) is 1. The minimum Gasteiger partial charge on any atom is -0.476 e. The molecule has 1 aromatic heterocycles. The molecule has 0 aliphatic carbocycles. The number of nitrogens with zero attached hydrogens (tertiary/aromatic N) is 5. The highest BCUT2D eigenvalue weighted by Crippen LogP contribution is 2.35. The molecule has 3 aromatic rings. The number of carbonyl (C=O) groups excluding carboxylic acids is 3. The minimum atomic E-state index is -1.36. The quantitative estimate of drug-likeness (QED) is 0.386. The Morgan fingerprint density at radius 2 is 1.67 bits per heavy atom. The first kappa shape index (κ1) is 31.6. The standard InChI is InChI=1S/C35H39N5O5/c1-23(2)30-34(44)40(29(26-16-10-7-11-17-26)21-38(30)33(43)27-18-12-13-19-36-27)39(24(3)41)28(20-25-14-8-6-9-15-25)31(42)32-37-35(4,5)22-45-32/h6-19,21,23,28,30-31,42H,20,22H2,1-5H3/t28-,30?,31?/m0/s1. The molecular weight excluding hydrogens is 570 g/mol. The first-order valence-electron chi connectivity index (χ1n) is 15.1. The van der Waals surface area contributed by atoms with Crippen LogP contribution >= 0.6 is 0 Å². The largest absolute Gasteiger partial charge is 0.476 e. The summed E-state index contributed by atoms with van der Waals surface area (Å²) in [6, 6.07) is 21.6. The third kappa shape index (κ3) is 6.66. The van der Waals surface area contributed by atoms with Crippen LogP contribution in [0.15, 0.2) is 96.3 Å². The molecule has 3 amide bonds. The van der Waals surface area contributed by atoms with Gasteiger partial charge in [0.1, 0.15) is 18.3 Å². The van der Waals surface area contributed by atoms with Gasteiger partial charge in [-0.1, -0.05) is 80.6 Å². The van der Waals surface area contributed by atoms with E-state index < -0.39 is 41.4 Å². The Kier molecular flexibility index (Phi) is 9.15. The van der Waals surface area contributed by atoms with Gasteiger partial charge in [0.05, 0.1) is 17.3 Å². The third-order valence-corrected chi connectivity index (χ3v) is 7.81. The first-order valence-corrected chi connectivity index (χ1v) is 15.1. The summed E-state index contributed by atoms with van der Waals surface area (Å²) in [7, 11) is 0. The normalized spacial score (nSPS) is 19.0. The van der Waals surface area contributed by atoms with Crippen LogP contribution in [0, 0.1) is 5.92 Å². The summed E-state index contributed by atoms with van der Waals surface area (Å²) >= 11 is 0. The van der Waals surface area contributed by atoms with Crippen molar-refractivity contribution in [2.75, 3.05) is 6.61 Å². The van der Waals surface area contributed by atoms with Crippen molar-refractivity contribution < 1.29 is 24.2 Å². The molecule has 45 heavy (non-hydrogen) atoms. The molecule has 10 heteroatoms. The molecule has 10 nitrogen and oxygen atoms in total. The van der Waals surface area contributed by atoms with Crippen molar-refractivity contribution in [1.82, 2.24) is 19.9 Å². The maximum atomic E-state index is 14.8. The van der Waals surface area contributed by atoms with E-state index in [-0.39, 0.29) is 30.5 Å². The summed E-state index contributed by atoms with van der Waals surface area (Å²) in [6.45, 7) is 9.11. The monoisotopic (exact) mass is 609 g/mol. The molecule has 1 N–H and O–H groups in total. The third-order valence-electron chi connectivity index (χ3n) is 7.81. The summed E-state index contributed by atoms with van der Waals surface area (Å²) in [5, 5.41) is 14.5. The fraction of sp³-hybridized carbons (Fsp3) is 0.343. The number of carbonyl (C=O) groups is 3. The molecule has 2 aromatic carbocycles. The molecule has 0 radical (unpaired) electrons. The lowest BCUT2D eigenvalue weighted by molar-refractivity contribution is -0.167. The number of benzene rings is 2. The number of aliphatic hydroxyl groups excluding tert-OH is 1. The Labute approximate surface area is 263 Å². The van der Waals surface area contributed by atoms with Gasteiger partial charge in [-0.3, -0.25) is 24.3 Å². The molecule has 2 aliphatic rings. The smallest absolute Gasteiger partial charge is 0.277 e. The van der Waals surface area contributed by atoms with Crippen LogP contribution in [-0.4, -0.2) is 79.0 Å². The van der Waals surface area contributed by atoms with Gasteiger partial charge in [-0.25, -0.2) is 15.0 Å². The van der Waals surface area contributed by atoms with Gasteiger partial charge in [-0.05, 0) is 43.9 Å². The second kappa shape index (κ2) is 13.0. The average molecular weight is 610 g/mol. The zero-order valence-electron chi connectivity index (χ0n) is 26.2. The number of pyridine rings is 1. The Balaban J connectivity index is 1.69. The van der Waals surface area contributed by atoms with Crippen molar-refractivity contribution in [3.05, 3.63) is 108 Å². The zero-order chi connectivity index (χ0) is 32.3. The van der Waals surface area contributed by atoms with Crippen LogP contribution in [0.4, 0.5) is 0 Å². The molecule has 2 unspecified atom stereocenters. The van der Waals surface area contributed by atoms with Crippen LogP contribution in [0.3, 0.4) is 0 Å². The van der Waals surface area contributed by atoms with E-state index in [2.05, 4.69) is 9.98 Å². The highest BCUT2D eigenvalue weighted by molar-refractivity contribution is 6.02. The van der Waals surface area contributed by atoms with Crippen molar-refractivity contribution in [1.29, 1.82) is 0 Å². The van der Waals surface area contributed by atoms with E-state index in [9.17, 15) is 19.5 Å². The second-order valence-corrected chi connectivity index (χ2v) is 12.3. The van der Waals surface area contributed by atoms with Gasteiger partial charge in [0.15, 0.2) is 6.10 Å². The zero-order valence-corrected chi connectivity index (χ0v) is 26.2. The van der Waals surface area contributed by atoms with Gasteiger partial charge in [0, 0.05) is 24.9 Å². The average Bonchev–Trinajstić information content (AvgIpc) is 3.40. The van der Waals surface area contributed by atoms with Gasteiger partial charge in [0.2, 0.25) is 11.8 Å². The van der Waals surface area contributed by atoms with E-state index in [0.717, 1.165) is 5.56 Å². The Morgan fingerprint density at radius 1 is 1.02 bits per heavy atom. The fourth-order valence-electron chi connectivity index (χ4n) is 5.71. The second-order valence-electron chi connectivity index (χ2n) is 12.3.